The lowest BCUT2D eigenvalue weighted by molar-refractivity contribution is 0.470. The molecule has 0 atom stereocenters. The Morgan fingerprint density at radius 1 is 1.43 bits per heavy atom. The number of aryl methyl sites for hydroxylation is 1. The first-order chi connectivity index (χ1) is 6.59. The molecule has 1 aromatic rings. The number of nitrogens with two attached hydrogens (primary N) is 2. The Kier molecular flexibility index (Phi) is 3.34. The summed E-state index contributed by atoms with van der Waals surface area (Å²) in [7, 11) is 0. The molecule has 0 aliphatic heterocycles. The summed E-state index contributed by atoms with van der Waals surface area (Å²) < 4.78 is 0. The Hall–Kier alpha value is -1.71. The molecule has 4 nitrogen and oxygen atoms in total. The van der Waals surface area contributed by atoms with Crippen LogP contribution in [0.5, 0.6) is 5.75 Å². The monoisotopic (exact) mass is 193 g/mol. The Morgan fingerprint density at radius 2 is 2.14 bits per heavy atom. The van der Waals surface area contributed by atoms with Crippen molar-refractivity contribution in [2.45, 2.75) is 13.3 Å². The maximum Gasteiger partial charge on any atom is 0.185 e. The number of benzene rings is 1. The number of hydrogen-bond donors (Lipinski definition) is 3. The molecule has 0 radical (unpaired) electrons. The number of phenols is 1. The van der Waals surface area contributed by atoms with Gasteiger partial charge in [0.1, 0.15) is 5.75 Å². The van der Waals surface area contributed by atoms with Crippen LogP contribution in [0.3, 0.4) is 0 Å². The van der Waals surface area contributed by atoms with Crippen LogP contribution in [0.1, 0.15) is 11.1 Å². The SMILES string of the molecule is Cc1ccc(CCN=C(N)N)cc1O. The minimum absolute atomic E-state index is 0.0985. The summed E-state index contributed by atoms with van der Waals surface area (Å²) in [4.78, 5) is 3.86. The number of aliphatic imine (C=N–C) groups is 1. The lowest BCUT2D eigenvalue weighted by atomic mass is 10.1. The van der Waals surface area contributed by atoms with Gasteiger partial charge in [0.15, 0.2) is 5.96 Å². The van der Waals surface area contributed by atoms with Gasteiger partial charge in [0.25, 0.3) is 0 Å². The van der Waals surface area contributed by atoms with E-state index in [1.807, 2.05) is 19.1 Å². The minimum Gasteiger partial charge on any atom is -0.508 e. The second-order valence-electron chi connectivity index (χ2n) is 3.18. The molecule has 14 heavy (non-hydrogen) atoms. The fraction of sp³-hybridized carbons (Fsp3) is 0.300. The first kappa shape index (κ1) is 10.4. The summed E-state index contributed by atoms with van der Waals surface area (Å²) in [5.74, 6) is 0.411. The Labute approximate surface area is 83.3 Å². The highest BCUT2D eigenvalue weighted by atomic mass is 16.3. The van der Waals surface area contributed by atoms with E-state index < -0.39 is 0 Å². The smallest absolute Gasteiger partial charge is 0.185 e. The van der Waals surface area contributed by atoms with Crippen LogP contribution in [0, 0.1) is 6.92 Å². The molecular weight excluding hydrogens is 178 g/mol. The fourth-order valence-electron chi connectivity index (χ4n) is 1.12. The molecule has 1 aromatic carbocycles. The Bertz CT molecular complexity index is 343. The van der Waals surface area contributed by atoms with Crippen molar-refractivity contribution in [3.63, 3.8) is 0 Å². The molecule has 0 heterocycles. The molecule has 0 aromatic heterocycles. The number of hydrogen-bond acceptors (Lipinski definition) is 2. The van der Waals surface area contributed by atoms with Crippen LogP contribution in [0.4, 0.5) is 0 Å². The average Bonchev–Trinajstić information content (AvgIpc) is 2.10. The molecule has 5 N–H and O–H groups in total. The van der Waals surface area contributed by atoms with E-state index in [2.05, 4.69) is 4.99 Å². The van der Waals surface area contributed by atoms with Gasteiger partial charge in [-0.15, -0.1) is 0 Å². The maximum absolute atomic E-state index is 9.42. The summed E-state index contributed by atoms with van der Waals surface area (Å²) in [6.07, 6.45) is 0.728. The standard InChI is InChI=1S/C10H15N3O/c1-7-2-3-8(6-9(7)14)4-5-13-10(11)12/h2-3,6,14H,4-5H2,1H3,(H4,11,12,13). The van der Waals surface area contributed by atoms with E-state index in [9.17, 15) is 5.11 Å². The lowest BCUT2D eigenvalue weighted by Crippen LogP contribution is -2.23. The van der Waals surface area contributed by atoms with Crippen molar-refractivity contribution < 1.29 is 5.11 Å². The Morgan fingerprint density at radius 3 is 2.71 bits per heavy atom. The summed E-state index contributed by atoms with van der Waals surface area (Å²) in [6, 6.07) is 5.56. The molecule has 0 spiro atoms. The number of aromatic hydroxyl groups is 1. The Balaban J connectivity index is 2.60. The minimum atomic E-state index is 0.0985. The highest BCUT2D eigenvalue weighted by Crippen LogP contribution is 2.17. The van der Waals surface area contributed by atoms with E-state index >= 15 is 0 Å². The third kappa shape index (κ3) is 2.97. The molecule has 0 bridgehead atoms. The molecule has 0 amide bonds. The predicted octanol–water partition coefficient (Wildman–Crippen LogP) is 0.517. The van der Waals surface area contributed by atoms with Crippen LogP contribution >= 0.6 is 0 Å². The van der Waals surface area contributed by atoms with Gasteiger partial charge in [-0.05, 0) is 30.5 Å². The van der Waals surface area contributed by atoms with Crippen LogP contribution in [0.15, 0.2) is 23.2 Å². The second-order valence-corrected chi connectivity index (χ2v) is 3.18. The van der Waals surface area contributed by atoms with Crippen molar-refractivity contribution >= 4 is 5.96 Å². The van der Waals surface area contributed by atoms with Gasteiger partial charge in [0.05, 0.1) is 0 Å². The van der Waals surface area contributed by atoms with Gasteiger partial charge in [-0.25, -0.2) is 0 Å². The molecule has 0 unspecified atom stereocenters. The summed E-state index contributed by atoms with van der Waals surface area (Å²) in [5.41, 5.74) is 12.3. The van der Waals surface area contributed by atoms with E-state index in [-0.39, 0.29) is 5.96 Å². The molecule has 0 saturated carbocycles. The average molecular weight is 193 g/mol. The molecule has 0 aliphatic rings. The zero-order valence-electron chi connectivity index (χ0n) is 8.20. The van der Waals surface area contributed by atoms with Crippen molar-refractivity contribution in [3.05, 3.63) is 29.3 Å². The van der Waals surface area contributed by atoms with Gasteiger partial charge in [-0.3, -0.25) is 4.99 Å². The normalized spacial score (nSPS) is 9.79. The van der Waals surface area contributed by atoms with Crippen LogP contribution in [-0.2, 0) is 6.42 Å². The van der Waals surface area contributed by atoms with E-state index in [1.165, 1.54) is 0 Å². The molecule has 0 fully saturated rings. The number of nitrogens with zero attached hydrogens (tertiary/aromatic N) is 1. The first-order valence-corrected chi connectivity index (χ1v) is 4.43. The zero-order chi connectivity index (χ0) is 10.6. The third-order valence-corrected chi connectivity index (χ3v) is 1.97. The zero-order valence-corrected chi connectivity index (χ0v) is 8.20. The van der Waals surface area contributed by atoms with E-state index in [4.69, 9.17) is 11.5 Å². The van der Waals surface area contributed by atoms with E-state index in [0.29, 0.717) is 12.3 Å². The summed E-state index contributed by atoms with van der Waals surface area (Å²) >= 11 is 0. The highest BCUT2D eigenvalue weighted by molar-refractivity contribution is 5.75. The van der Waals surface area contributed by atoms with Crippen LogP contribution in [-0.4, -0.2) is 17.6 Å². The largest absolute Gasteiger partial charge is 0.508 e. The molecule has 0 saturated heterocycles. The molecule has 4 heteroatoms. The number of phenolic OH excluding ortho intramolecular Hbond substituents is 1. The van der Waals surface area contributed by atoms with Gasteiger partial charge >= 0.3 is 0 Å². The van der Waals surface area contributed by atoms with Gasteiger partial charge in [-0.2, -0.15) is 0 Å². The van der Waals surface area contributed by atoms with Crippen molar-refractivity contribution in [2.24, 2.45) is 16.5 Å². The van der Waals surface area contributed by atoms with E-state index in [1.54, 1.807) is 6.07 Å². The fourth-order valence-corrected chi connectivity index (χ4v) is 1.12. The highest BCUT2D eigenvalue weighted by Gasteiger charge is 1.97. The van der Waals surface area contributed by atoms with Crippen LogP contribution in [0.2, 0.25) is 0 Å². The molecule has 76 valence electrons. The first-order valence-electron chi connectivity index (χ1n) is 4.43. The molecule has 0 aliphatic carbocycles. The second kappa shape index (κ2) is 4.50. The third-order valence-electron chi connectivity index (χ3n) is 1.97. The summed E-state index contributed by atoms with van der Waals surface area (Å²) in [5, 5.41) is 9.42. The van der Waals surface area contributed by atoms with Gasteiger partial charge in [-0.1, -0.05) is 12.1 Å². The molecular formula is C10H15N3O. The number of guanidine groups is 1. The van der Waals surface area contributed by atoms with Crippen LogP contribution < -0.4 is 11.5 Å². The van der Waals surface area contributed by atoms with Crippen molar-refractivity contribution in [3.8, 4) is 5.75 Å². The summed E-state index contributed by atoms with van der Waals surface area (Å²) in [6.45, 7) is 2.40. The lowest BCUT2D eigenvalue weighted by Gasteiger charge is -2.02. The van der Waals surface area contributed by atoms with Crippen molar-refractivity contribution in [1.29, 1.82) is 0 Å². The van der Waals surface area contributed by atoms with Gasteiger partial charge < -0.3 is 16.6 Å². The van der Waals surface area contributed by atoms with Gasteiger partial charge in [0.2, 0.25) is 0 Å². The quantitative estimate of drug-likeness (QED) is 0.483. The van der Waals surface area contributed by atoms with Crippen molar-refractivity contribution in [1.82, 2.24) is 0 Å². The molecule has 1 rings (SSSR count). The van der Waals surface area contributed by atoms with E-state index in [0.717, 1.165) is 17.5 Å². The van der Waals surface area contributed by atoms with Crippen molar-refractivity contribution in [2.75, 3.05) is 6.54 Å². The number of rotatable bonds is 3. The van der Waals surface area contributed by atoms with Crippen LogP contribution in [0.25, 0.3) is 0 Å². The topological polar surface area (TPSA) is 84.6 Å². The predicted molar refractivity (Wildman–Crippen MR) is 57.2 cm³/mol. The van der Waals surface area contributed by atoms with Gasteiger partial charge in [0, 0.05) is 6.54 Å². The maximum atomic E-state index is 9.42.